The van der Waals surface area contributed by atoms with Gasteiger partial charge in [-0.1, -0.05) is 0 Å². The molecule has 2 heterocycles. The van der Waals surface area contributed by atoms with Crippen LogP contribution in [-0.2, 0) is 4.74 Å². The Labute approximate surface area is 200 Å². The SMILES string of the molecule is COc1cc(C(=O)Oc2ccc3cc(C(=O)NCC4CCCO4)c(=O)oc3c2)cc(OC)c1OC. The molecule has 0 saturated carbocycles. The molecule has 1 atom stereocenters. The lowest BCUT2D eigenvalue weighted by Gasteiger charge is -2.13. The molecule has 10 heteroatoms. The number of benzene rings is 2. The Bertz CT molecular complexity index is 1280. The Kier molecular flexibility index (Phi) is 7.21. The molecule has 35 heavy (non-hydrogen) atoms. The minimum Gasteiger partial charge on any atom is -0.493 e. The van der Waals surface area contributed by atoms with Crippen LogP contribution >= 0.6 is 0 Å². The van der Waals surface area contributed by atoms with E-state index in [2.05, 4.69) is 5.32 Å². The molecular weight excluding hydrogens is 458 g/mol. The van der Waals surface area contributed by atoms with Crippen LogP contribution in [0.4, 0.5) is 0 Å². The minimum atomic E-state index is -0.796. The molecule has 3 aromatic rings. The quantitative estimate of drug-likeness (QED) is 0.293. The molecule has 0 radical (unpaired) electrons. The molecule has 1 aliphatic rings. The van der Waals surface area contributed by atoms with Crippen molar-refractivity contribution < 1.29 is 37.7 Å². The Morgan fingerprint density at radius 1 is 1.03 bits per heavy atom. The smallest absolute Gasteiger partial charge is 0.349 e. The van der Waals surface area contributed by atoms with Crippen molar-refractivity contribution in [1.29, 1.82) is 0 Å². The summed E-state index contributed by atoms with van der Waals surface area (Å²) in [6.45, 7) is 0.997. The highest BCUT2D eigenvalue weighted by atomic mass is 16.5. The Morgan fingerprint density at radius 2 is 1.77 bits per heavy atom. The molecule has 184 valence electrons. The predicted octanol–water partition coefficient (Wildman–Crippen LogP) is 2.95. The number of methoxy groups -OCH3 is 3. The zero-order chi connectivity index (χ0) is 24.9. The zero-order valence-corrected chi connectivity index (χ0v) is 19.5. The van der Waals surface area contributed by atoms with Crippen molar-refractivity contribution in [1.82, 2.24) is 5.32 Å². The van der Waals surface area contributed by atoms with E-state index < -0.39 is 17.5 Å². The summed E-state index contributed by atoms with van der Waals surface area (Å²) >= 11 is 0. The minimum absolute atomic E-state index is 0.0469. The van der Waals surface area contributed by atoms with Gasteiger partial charge in [0.25, 0.3) is 5.91 Å². The summed E-state index contributed by atoms with van der Waals surface area (Å²) < 4.78 is 32.0. The van der Waals surface area contributed by atoms with Crippen molar-refractivity contribution in [3.05, 3.63) is 57.9 Å². The number of hydrogen-bond donors (Lipinski definition) is 1. The van der Waals surface area contributed by atoms with Gasteiger partial charge in [-0.3, -0.25) is 4.79 Å². The summed E-state index contributed by atoms with van der Waals surface area (Å²) in [5, 5.41) is 3.21. The van der Waals surface area contributed by atoms with E-state index in [1.54, 1.807) is 6.07 Å². The number of ether oxygens (including phenoxy) is 5. The highest BCUT2D eigenvalue weighted by molar-refractivity contribution is 5.97. The van der Waals surface area contributed by atoms with Crippen LogP contribution in [0.1, 0.15) is 33.6 Å². The highest BCUT2D eigenvalue weighted by Crippen LogP contribution is 2.38. The van der Waals surface area contributed by atoms with Gasteiger partial charge in [-0.15, -0.1) is 0 Å². The van der Waals surface area contributed by atoms with Gasteiger partial charge in [0.2, 0.25) is 5.75 Å². The molecule has 0 spiro atoms. The van der Waals surface area contributed by atoms with Crippen LogP contribution in [0.15, 0.2) is 45.6 Å². The van der Waals surface area contributed by atoms with Crippen molar-refractivity contribution in [2.75, 3.05) is 34.5 Å². The summed E-state index contributed by atoms with van der Waals surface area (Å²) in [6, 6.07) is 8.90. The zero-order valence-electron chi connectivity index (χ0n) is 19.5. The van der Waals surface area contributed by atoms with Crippen LogP contribution in [-0.4, -0.2) is 52.5 Å². The lowest BCUT2D eigenvalue weighted by molar-refractivity contribution is 0.0733. The molecule has 1 fully saturated rings. The molecule has 1 unspecified atom stereocenters. The molecular formula is C25H25NO9. The van der Waals surface area contributed by atoms with Gasteiger partial charge < -0.3 is 33.4 Å². The fourth-order valence-corrected chi connectivity index (χ4v) is 3.79. The average Bonchev–Trinajstić information content (AvgIpc) is 3.39. The maximum Gasteiger partial charge on any atom is 0.349 e. The molecule has 1 aliphatic heterocycles. The first-order chi connectivity index (χ1) is 16.9. The van der Waals surface area contributed by atoms with Crippen LogP contribution in [0.2, 0.25) is 0 Å². The van der Waals surface area contributed by atoms with Gasteiger partial charge in [0.05, 0.1) is 33.0 Å². The lowest BCUT2D eigenvalue weighted by Crippen LogP contribution is -2.34. The van der Waals surface area contributed by atoms with Gasteiger partial charge in [-0.05, 0) is 43.2 Å². The third-order valence-electron chi connectivity index (χ3n) is 5.58. The highest BCUT2D eigenvalue weighted by Gasteiger charge is 2.21. The number of nitrogens with one attached hydrogen (secondary N) is 1. The number of hydrogen-bond acceptors (Lipinski definition) is 9. The van der Waals surface area contributed by atoms with Crippen LogP contribution < -0.4 is 29.9 Å². The number of amides is 1. The summed E-state index contributed by atoms with van der Waals surface area (Å²) in [6.07, 6.45) is 1.77. The number of carbonyl (C=O) groups is 2. The second-order valence-electron chi connectivity index (χ2n) is 7.80. The molecule has 0 bridgehead atoms. The van der Waals surface area contributed by atoms with Gasteiger partial charge in [0.15, 0.2) is 11.5 Å². The third-order valence-corrected chi connectivity index (χ3v) is 5.58. The molecule has 10 nitrogen and oxygen atoms in total. The van der Waals surface area contributed by atoms with Gasteiger partial charge in [-0.25, -0.2) is 9.59 Å². The normalized spacial score (nSPS) is 15.0. The fraction of sp³-hybridized carbons (Fsp3) is 0.320. The molecule has 1 amide bonds. The van der Waals surface area contributed by atoms with Crippen molar-refractivity contribution in [2.24, 2.45) is 0 Å². The van der Waals surface area contributed by atoms with E-state index in [0.717, 1.165) is 12.8 Å². The molecule has 1 saturated heterocycles. The van der Waals surface area contributed by atoms with Crippen LogP contribution in [0.5, 0.6) is 23.0 Å². The van der Waals surface area contributed by atoms with Crippen LogP contribution in [0.3, 0.4) is 0 Å². The van der Waals surface area contributed by atoms with E-state index in [9.17, 15) is 14.4 Å². The molecule has 2 aromatic carbocycles. The van der Waals surface area contributed by atoms with E-state index in [1.807, 2.05) is 0 Å². The van der Waals surface area contributed by atoms with Gasteiger partial charge in [-0.2, -0.15) is 0 Å². The number of esters is 1. The molecule has 1 N–H and O–H groups in total. The van der Waals surface area contributed by atoms with Crippen molar-refractivity contribution in [2.45, 2.75) is 18.9 Å². The number of fused-ring (bicyclic) bond motifs is 1. The van der Waals surface area contributed by atoms with E-state index in [0.29, 0.717) is 35.8 Å². The maximum atomic E-state index is 12.7. The first-order valence-corrected chi connectivity index (χ1v) is 10.9. The van der Waals surface area contributed by atoms with Crippen LogP contribution in [0, 0.1) is 0 Å². The predicted molar refractivity (Wildman–Crippen MR) is 125 cm³/mol. The van der Waals surface area contributed by atoms with E-state index in [1.165, 1.54) is 51.7 Å². The Morgan fingerprint density at radius 3 is 2.40 bits per heavy atom. The summed E-state index contributed by atoms with van der Waals surface area (Å²) in [7, 11) is 4.34. The van der Waals surface area contributed by atoms with Gasteiger partial charge in [0.1, 0.15) is 16.9 Å². The molecule has 1 aromatic heterocycles. The Hall–Kier alpha value is -4.05. The van der Waals surface area contributed by atoms with Gasteiger partial charge in [0, 0.05) is 24.6 Å². The van der Waals surface area contributed by atoms with Crippen molar-refractivity contribution >= 4 is 22.8 Å². The summed E-state index contributed by atoms with van der Waals surface area (Å²) in [5.74, 6) is -0.128. The largest absolute Gasteiger partial charge is 0.493 e. The standard InChI is InChI=1S/C25H25NO9/c1-30-20-10-15(11-21(31-2)22(20)32-3)24(28)34-16-7-6-14-9-18(25(29)35-19(14)12-16)23(27)26-13-17-5-4-8-33-17/h6-7,9-12,17H,4-5,8,13H2,1-3H3,(H,26,27). The monoisotopic (exact) mass is 483 g/mol. The first-order valence-electron chi connectivity index (χ1n) is 10.9. The topological polar surface area (TPSA) is 123 Å². The second kappa shape index (κ2) is 10.5. The lowest BCUT2D eigenvalue weighted by atomic mass is 10.1. The van der Waals surface area contributed by atoms with E-state index >= 15 is 0 Å². The first kappa shape index (κ1) is 24.1. The summed E-state index contributed by atoms with van der Waals surface area (Å²) in [4.78, 5) is 37.6. The van der Waals surface area contributed by atoms with Gasteiger partial charge >= 0.3 is 11.6 Å². The third kappa shape index (κ3) is 5.22. The van der Waals surface area contributed by atoms with Crippen molar-refractivity contribution in [3.63, 3.8) is 0 Å². The molecule has 0 aliphatic carbocycles. The summed E-state index contributed by atoms with van der Waals surface area (Å²) in [5.41, 5.74) is -0.576. The van der Waals surface area contributed by atoms with E-state index in [-0.39, 0.29) is 28.6 Å². The number of rotatable bonds is 8. The number of carbonyl (C=O) groups excluding carboxylic acids is 2. The van der Waals surface area contributed by atoms with Crippen LogP contribution in [0.25, 0.3) is 11.0 Å². The second-order valence-corrected chi connectivity index (χ2v) is 7.80. The average molecular weight is 483 g/mol. The van der Waals surface area contributed by atoms with Crippen molar-refractivity contribution in [3.8, 4) is 23.0 Å². The molecule has 4 rings (SSSR count). The van der Waals surface area contributed by atoms with E-state index in [4.69, 9.17) is 28.1 Å². The maximum absolute atomic E-state index is 12.7. The Balaban J connectivity index is 1.53. The fourth-order valence-electron chi connectivity index (χ4n) is 3.79.